The van der Waals surface area contributed by atoms with Gasteiger partial charge in [0, 0.05) is 6.42 Å². The molecule has 1 atom stereocenters. The molecule has 5 nitrogen and oxygen atoms in total. The number of carbonyl (C=O) groups excluding carboxylic acids is 2. The van der Waals surface area contributed by atoms with E-state index in [1.165, 1.54) is 0 Å². The minimum Gasteiger partial charge on any atom is -0.497 e. The second kappa shape index (κ2) is 6.60. The molecule has 1 aromatic carbocycles. The van der Waals surface area contributed by atoms with E-state index in [9.17, 15) is 9.59 Å². The van der Waals surface area contributed by atoms with Gasteiger partial charge in [-0.1, -0.05) is 31.4 Å². The third kappa shape index (κ3) is 3.05. The van der Waals surface area contributed by atoms with Crippen molar-refractivity contribution >= 4 is 11.9 Å². The van der Waals surface area contributed by atoms with Crippen molar-refractivity contribution in [2.75, 3.05) is 13.7 Å². The van der Waals surface area contributed by atoms with Crippen molar-refractivity contribution in [2.24, 2.45) is 0 Å². The fourth-order valence-electron chi connectivity index (χ4n) is 3.64. The average molecular weight is 317 g/mol. The lowest BCUT2D eigenvalue weighted by atomic mass is 9.68. The monoisotopic (exact) mass is 317 g/mol. The summed E-state index contributed by atoms with van der Waals surface area (Å²) in [6.07, 6.45) is 5.38. The molecule has 0 bridgehead atoms. The van der Waals surface area contributed by atoms with Crippen LogP contribution in [0.2, 0.25) is 0 Å². The largest absolute Gasteiger partial charge is 0.497 e. The molecule has 3 rings (SSSR count). The highest BCUT2D eigenvalue weighted by molar-refractivity contribution is 5.92. The summed E-state index contributed by atoms with van der Waals surface area (Å²) in [6.45, 7) is 0.388. The summed E-state index contributed by atoms with van der Waals surface area (Å²) in [4.78, 5) is 24.7. The molecule has 0 unspecified atom stereocenters. The summed E-state index contributed by atoms with van der Waals surface area (Å²) in [5.41, 5.74) is 0.454. The highest BCUT2D eigenvalue weighted by Gasteiger charge is 2.43. The Bertz CT molecular complexity index is 575. The van der Waals surface area contributed by atoms with Gasteiger partial charge in [0.05, 0.1) is 19.1 Å². The number of hydrogen-bond acceptors (Lipinski definition) is 4. The van der Waals surface area contributed by atoms with Crippen LogP contribution in [-0.4, -0.2) is 31.6 Å². The van der Waals surface area contributed by atoms with E-state index in [0.29, 0.717) is 13.0 Å². The minimum absolute atomic E-state index is 0.0498. The van der Waals surface area contributed by atoms with E-state index >= 15 is 0 Å². The summed E-state index contributed by atoms with van der Waals surface area (Å²) < 4.78 is 10.2. The number of ether oxygens (including phenoxy) is 2. The van der Waals surface area contributed by atoms with Crippen LogP contribution in [0.4, 0.5) is 0 Å². The minimum atomic E-state index is -0.548. The third-order valence-corrected chi connectivity index (χ3v) is 5.03. The molecular formula is C18H23NO4. The smallest absolute Gasteiger partial charge is 0.328 e. The lowest BCUT2D eigenvalue weighted by Crippen LogP contribution is -2.50. The first-order valence-corrected chi connectivity index (χ1v) is 8.28. The Balaban J connectivity index is 1.85. The number of nitrogens with one attached hydrogen (secondary N) is 1. The molecule has 1 N–H and O–H groups in total. The highest BCUT2D eigenvalue weighted by atomic mass is 16.5. The number of carbonyl (C=O) groups is 2. The number of esters is 1. The molecule has 2 aliphatic rings. The van der Waals surface area contributed by atoms with Gasteiger partial charge >= 0.3 is 5.97 Å². The highest BCUT2D eigenvalue weighted by Crippen LogP contribution is 2.40. The lowest BCUT2D eigenvalue weighted by Gasteiger charge is -2.37. The Kier molecular flexibility index (Phi) is 4.55. The molecule has 1 saturated carbocycles. The molecule has 1 aromatic rings. The summed E-state index contributed by atoms with van der Waals surface area (Å²) in [5.74, 6) is 0.407. The number of benzene rings is 1. The van der Waals surface area contributed by atoms with Gasteiger partial charge in [-0.2, -0.15) is 0 Å². The molecule has 5 heteroatoms. The fourth-order valence-corrected chi connectivity index (χ4v) is 3.64. The van der Waals surface area contributed by atoms with Gasteiger partial charge in [-0.3, -0.25) is 4.79 Å². The van der Waals surface area contributed by atoms with Crippen molar-refractivity contribution in [3.05, 3.63) is 29.8 Å². The number of cyclic esters (lactones) is 1. The standard InChI is InChI=1S/C18H23NO4/c1-22-14-7-5-13(6-8-14)18(10-3-2-4-11-18)17(21)19-15-9-12-23-16(15)20/h5-8,15H,2-4,9-12H2,1H3,(H,19,21)/t15-/m1/s1. The Morgan fingerprint density at radius 3 is 2.48 bits per heavy atom. The second-order valence-electron chi connectivity index (χ2n) is 6.35. The van der Waals surface area contributed by atoms with E-state index in [0.717, 1.165) is 43.4 Å². The van der Waals surface area contributed by atoms with Gasteiger partial charge in [-0.15, -0.1) is 0 Å². The summed E-state index contributed by atoms with van der Waals surface area (Å²) in [5, 5.41) is 2.92. The lowest BCUT2D eigenvalue weighted by molar-refractivity contribution is -0.142. The van der Waals surface area contributed by atoms with Crippen LogP contribution in [-0.2, 0) is 19.7 Å². The third-order valence-electron chi connectivity index (χ3n) is 5.03. The number of methoxy groups -OCH3 is 1. The molecular weight excluding hydrogens is 294 g/mol. The van der Waals surface area contributed by atoms with Gasteiger partial charge in [0.1, 0.15) is 11.8 Å². The van der Waals surface area contributed by atoms with Crippen LogP contribution in [0.15, 0.2) is 24.3 Å². The molecule has 2 fully saturated rings. The maximum atomic E-state index is 13.0. The molecule has 1 amide bonds. The zero-order chi connectivity index (χ0) is 16.3. The topological polar surface area (TPSA) is 64.6 Å². The van der Waals surface area contributed by atoms with Crippen molar-refractivity contribution in [1.29, 1.82) is 0 Å². The van der Waals surface area contributed by atoms with Crippen LogP contribution in [0.5, 0.6) is 5.75 Å². The Morgan fingerprint density at radius 1 is 1.22 bits per heavy atom. The maximum absolute atomic E-state index is 13.0. The molecule has 1 aliphatic carbocycles. The molecule has 1 aliphatic heterocycles. The van der Waals surface area contributed by atoms with Crippen LogP contribution in [0.25, 0.3) is 0 Å². The van der Waals surface area contributed by atoms with Crippen molar-refractivity contribution in [2.45, 2.75) is 50.0 Å². The van der Waals surface area contributed by atoms with Crippen molar-refractivity contribution in [3.8, 4) is 5.75 Å². The van der Waals surface area contributed by atoms with E-state index in [-0.39, 0.29) is 11.9 Å². The van der Waals surface area contributed by atoms with Gasteiger partial charge in [0.15, 0.2) is 0 Å². The van der Waals surface area contributed by atoms with Crippen LogP contribution >= 0.6 is 0 Å². The molecule has 124 valence electrons. The zero-order valence-corrected chi connectivity index (χ0v) is 13.5. The van der Waals surface area contributed by atoms with E-state index < -0.39 is 11.5 Å². The SMILES string of the molecule is COc1ccc(C2(C(=O)N[C@@H]3CCOC3=O)CCCCC2)cc1. The Morgan fingerprint density at radius 2 is 1.91 bits per heavy atom. The molecule has 1 saturated heterocycles. The van der Waals surface area contributed by atoms with Gasteiger partial charge in [0.2, 0.25) is 5.91 Å². The molecule has 0 aromatic heterocycles. The van der Waals surface area contributed by atoms with E-state index in [1.807, 2.05) is 24.3 Å². The van der Waals surface area contributed by atoms with E-state index in [1.54, 1.807) is 7.11 Å². The van der Waals surface area contributed by atoms with Crippen LogP contribution < -0.4 is 10.1 Å². The van der Waals surface area contributed by atoms with Crippen molar-refractivity contribution in [1.82, 2.24) is 5.32 Å². The molecule has 23 heavy (non-hydrogen) atoms. The van der Waals surface area contributed by atoms with E-state index in [4.69, 9.17) is 9.47 Å². The Hall–Kier alpha value is -2.04. The number of amides is 1. The van der Waals surface area contributed by atoms with Crippen molar-refractivity contribution in [3.63, 3.8) is 0 Å². The van der Waals surface area contributed by atoms with Crippen LogP contribution in [0, 0.1) is 0 Å². The predicted molar refractivity (Wildman–Crippen MR) is 85.3 cm³/mol. The fraction of sp³-hybridized carbons (Fsp3) is 0.556. The van der Waals surface area contributed by atoms with Crippen LogP contribution in [0.3, 0.4) is 0 Å². The summed E-state index contributed by atoms with van der Waals surface area (Å²) >= 11 is 0. The van der Waals surface area contributed by atoms with E-state index in [2.05, 4.69) is 5.32 Å². The average Bonchev–Trinajstić information content (AvgIpc) is 3.00. The van der Waals surface area contributed by atoms with Crippen molar-refractivity contribution < 1.29 is 19.1 Å². The quantitative estimate of drug-likeness (QED) is 0.866. The first kappa shape index (κ1) is 15.8. The van der Waals surface area contributed by atoms with Crippen LogP contribution in [0.1, 0.15) is 44.1 Å². The Labute approximate surface area is 136 Å². The number of rotatable bonds is 4. The maximum Gasteiger partial charge on any atom is 0.328 e. The second-order valence-corrected chi connectivity index (χ2v) is 6.35. The first-order chi connectivity index (χ1) is 11.2. The molecule has 0 spiro atoms. The zero-order valence-electron chi connectivity index (χ0n) is 13.5. The van der Waals surface area contributed by atoms with Gasteiger partial charge < -0.3 is 14.8 Å². The summed E-state index contributed by atoms with van der Waals surface area (Å²) in [7, 11) is 1.63. The first-order valence-electron chi connectivity index (χ1n) is 8.28. The molecule has 0 radical (unpaired) electrons. The normalized spacial score (nSPS) is 23.2. The van der Waals surface area contributed by atoms with Gasteiger partial charge in [-0.05, 0) is 30.5 Å². The predicted octanol–water partition coefficient (Wildman–Crippen LogP) is 2.33. The van der Waals surface area contributed by atoms with Gasteiger partial charge in [-0.25, -0.2) is 4.79 Å². The molecule has 1 heterocycles. The summed E-state index contributed by atoms with van der Waals surface area (Å²) in [6, 6.07) is 7.22. The van der Waals surface area contributed by atoms with Gasteiger partial charge in [0.25, 0.3) is 0 Å². The number of hydrogen-bond donors (Lipinski definition) is 1.